The number of nitrogens with one attached hydrogen (secondary N) is 1. The predicted octanol–water partition coefficient (Wildman–Crippen LogP) is 4.30. The normalized spacial score (nSPS) is 12.1. The zero-order valence-corrected chi connectivity index (χ0v) is 11.0. The summed E-state index contributed by atoms with van der Waals surface area (Å²) in [5.41, 5.74) is 3.26. The average molecular weight is 262 g/mol. The van der Waals surface area contributed by atoms with Crippen molar-refractivity contribution >= 4 is 17.3 Å². The van der Waals surface area contributed by atoms with Gasteiger partial charge < -0.3 is 10.4 Å². The number of hydrogen-bond donors (Lipinski definition) is 2. The van der Waals surface area contributed by atoms with Crippen LogP contribution in [0.4, 0.5) is 5.69 Å². The maximum atomic E-state index is 9.22. The molecule has 18 heavy (non-hydrogen) atoms. The van der Waals surface area contributed by atoms with Crippen molar-refractivity contribution in [2.45, 2.75) is 18.8 Å². The van der Waals surface area contributed by atoms with Gasteiger partial charge in [0.15, 0.2) is 0 Å². The van der Waals surface area contributed by atoms with Crippen LogP contribution in [0.5, 0.6) is 5.75 Å². The van der Waals surface area contributed by atoms with Gasteiger partial charge in [0.2, 0.25) is 0 Å². The van der Waals surface area contributed by atoms with E-state index in [1.165, 1.54) is 0 Å². The second-order valence-corrected chi connectivity index (χ2v) is 4.88. The Balaban J connectivity index is 2.08. The first-order valence-corrected chi connectivity index (χ1v) is 6.35. The average Bonchev–Trinajstić information content (AvgIpc) is 2.38. The van der Waals surface area contributed by atoms with Crippen molar-refractivity contribution in [3.05, 3.63) is 59.7 Å². The highest BCUT2D eigenvalue weighted by atomic mass is 35.5. The molecule has 2 aromatic rings. The fourth-order valence-corrected chi connectivity index (χ4v) is 2.01. The number of para-hydroxylation sites is 1. The van der Waals surface area contributed by atoms with Gasteiger partial charge >= 0.3 is 0 Å². The van der Waals surface area contributed by atoms with Crippen LogP contribution < -0.4 is 5.32 Å². The number of aromatic hydroxyl groups is 1. The maximum absolute atomic E-state index is 9.22. The Hall–Kier alpha value is -1.67. The second kappa shape index (κ2) is 5.78. The summed E-state index contributed by atoms with van der Waals surface area (Å²) in [7, 11) is 0. The lowest BCUT2D eigenvalue weighted by molar-refractivity contribution is 0.475. The number of alkyl halides is 1. The first-order chi connectivity index (χ1) is 8.66. The highest BCUT2D eigenvalue weighted by Gasteiger charge is 2.06. The summed E-state index contributed by atoms with van der Waals surface area (Å²) in [4.78, 5) is 0. The SMILES string of the molecule is CC(Cl)c1ccccc1NCc1ccc(O)cc1. The molecule has 1 unspecified atom stereocenters. The Morgan fingerprint density at radius 2 is 1.78 bits per heavy atom. The van der Waals surface area contributed by atoms with Crippen molar-refractivity contribution in [1.82, 2.24) is 0 Å². The Morgan fingerprint density at radius 1 is 1.11 bits per heavy atom. The summed E-state index contributed by atoms with van der Waals surface area (Å²) in [6, 6.07) is 15.2. The van der Waals surface area contributed by atoms with Crippen LogP contribution in [-0.4, -0.2) is 5.11 Å². The van der Waals surface area contributed by atoms with Crippen LogP contribution in [0.25, 0.3) is 0 Å². The lowest BCUT2D eigenvalue weighted by Crippen LogP contribution is -2.02. The topological polar surface area (TPSA) is 32.3 Å². The molecule has 0 aliphatic rings. The van der Waals surface area contributed by atoms with Crippen molar-refractivity contribution < 1.29 is 5.11 Å². The van der Waals surface area contributed by atoms with E-state index in [4.69, 9.17) is 11.6 Å². The molecule has 0 saturated carbocycles. The number of benzene rings is 2. The smallest absolute Gasteiger partial charge is 0.115 e. The van der Waals surface area contributed by atoms with E-state index >= 15 is 0 Å². The van der Waals surface area contributed by atoms with Gasteiger partial charge in [-0.3, -0.25) is 0 Å². The molecule has 0 radical (unpaired) electrons. The second-order valence-electron chi connectivity index (χ2n) is 4.22. The van der Waals surface area contributed by atoms with E-state index in [0.29, 0.717) is 6.54 Å². The molecule has 2 nitrogen and oxygen atoms in total. The third-order valence-corrected chi connectivity index (χ3v) is 3.04. The summed E-state index contributed by atoms with van der Waals surface area (Å²) in [5.74, 6) is 0.286. The van der Waals surface area contributed by atoms with Crippen LogP contribution in [0, 0.1) is 0 Å². The molecule has 0 aliphatic carbocycles. The summed E-state index contributed by atoms with van der Waals surface area (Å²) in [6.45, 7) is 2.67. The van der Waals surface area contributed by atoms with Crippen molar-refractivity contribution in [3.63, 3.8) is 0 Å². The Bertz CT molecular complexity index is 508. The number of phenols is 1. The third-order valence-electron chi connectivity index (χ3n) is 2.81. The largest absolute Gasteiger partial charge is 0.508 e. The number of halogens is 1. The minimum Gasteiger partial charge on any atom is -0.508 e. The first kappa shape index (κ1) is 12.8. The summed E-state index contributed by atoms with van der Waals surface area (Å²) in [5, 5.41) is 12.6. The fraction of sp³-hybridized carbons (Fsp3) is 0.200. The first-order valence-electron chi connectivity index (χ1n) is 5.91. The van der Waals surface area contributed by atoms with Gasteiger partial charge in [-0.15, -0.1) is 11.6 Å². The van der Waals surface area contributed by atoms with Gasteiger partial charge in [-0.05, 0) is 36.2 Å². The van der Waals surface area contributed by atoms with E-state index in [2.05, 4.69) is 5.32 Å². The van der Waals surface area contributed by atoms with Gasteiger partial charge in [-0.1, -0.05) is 30.3 Å². The molecule has 0 fully saturated rings. The van der Waals surface area contributed by atoms with Crippen LogP contribution in [0.3, 0.4) is 0 Å². The molecule has 0 amide bonds. The van der Waals surface area contributed by atoms with Crippen molar-refractivity contribution in [3.8, 4) is 5.75 Å². The molecule has 0 heterocycles. The van der Waals surface area contributed by atoms with E-state index in [9.17, 15) is 5.11 Å². The Morgan fingerprint density at radius 3 is 2.44 bits per heavy atom. The molecule has 2 N–H and O–H groups in total. The molecule has 3 heteroatoms. The van der Waals surface area contributed by atoms with Gasteiger partial charge in [0.05, 0.1) is 5.38 Å². The van der Waals surface area contributed by atoms with E-state index in [-0.39, 0.29) is 11.1 Å². The van der Waals surface area contributed by atoms with Crippen molar-refractivity contribution in [2.24, 2.45) is 0 Å². The molecular formula is C15H16ClNO. The zero-order chi connectivity index (χ0) is 13.0. The summed E-state index contributed by atoms with van der Waals surface area (Å²) >= 11 is 6.14. The zero-order valence-electron chi connectivity index (χ0n) is 10.2. The summed E-state index contributed by atoms with van der Waals surface area (Å²) in [6.07, 6.45) is 0. The lowest BCUT2D eigenvalue weighted by atomic mass is 10.1. The van der Waals surface area contributed by atoms with E-state index in [1.807, 2.05) is 43.3 Å². The quantitative estimate of drug-likeness (QED) is 0.804. The molecule has 94 valence electrons. The number of rotatable bonds is 4. The number of phenolic OH excluding ortho intramolecular Hbond substituents is 1. The standard InChI is InChI=1S/C15H16ClNO/c1-11(16)14-4-2-3-5-15(14)17-10-12-6-8-13(18)9-7-12/h2-9,11,17-18H,10H2,1H3. The number of anilines is 1. The van der Waals surface area contributed by atoms with Crippen LogP contribution >= 0.6 is 11.6 Å². The van der Waals surface area contributed by atoms with E-state index in [1.54, 1.807) is 12.1 Å². The van der Waals surface area contributed by atoms with Crippen LogP contribution in [0.1, 0.15) is 23.4 Å². The van der Waals surface area contributed by atoms with Gasteiger partial charge in [-0.25, -0.2) is 0 Å². The maximum Gasteiger partial charge on any atom is 0.115 e. The molecule has 0 aromatic heterocycles. The molecule has 1 atom stereocenters. The van der Waals surface area contributed by atoms with Crippen LogP contribution in [0.2, 0.25) is 0 Å². The number of hydrogen-bond acceptors (Lipinski definition) is 2. The van der Waals surface area contributed by atoms with Crippen LogP contribution in [0.15, 0.2) is 48.5 Å². The molecular weight excluding hydrogens is 246 g/mol. The molecule has 0 aliphatic heterocycles. The third kappa shape index (κ3) is 3.17. The predicted molar refractivity (Wildman–Crippen MR) is 76.1 cm³/mol. The minimum atomic E-state index is -0.0199. The molecule has 0 bridgehead atoms. The Kier molecular flexibility index (Phi) is 4.11. The van der Waals surface area contributed by atoms with Gasteiger partial charge in [0.1, 0.15) is 5.75 Å². The molecule has 2 rings (SSSR count). The van der Waals surface area contributed by atoms with Gasteiger partial charge in [-0.2, -0.15) is 0 Å². The van der Waals surface area contributed by atoms with Gasteiger partial charge in [0.25, 0.3) is 0 Å². The fourth-order valence-electron chi connectivity index (χ4n) is 1.82. The lowest BCUT2D eigenvalue weighted by Gasteiger charge is -2.13. The highest BCUT2D eigenvalue weighted by Crippen LogP contribution is 2.27. The molecule has 2 aromatic carbocycles. The van der Waals surface area contributed by atoms with E-state index < -0.39 is 0 Å². The van der Waals surface area contributed by atoms with Crippen LogP contribution in [-0.2, 0) is 6.54 Å². The van der Waals surface area contributed by atoms with Crippen molar-refractivity contribution in [1.29, 1.82) is 0 Å². The van der Waals surface area contributed by atoms with Crippen molar-refractivity contribution in [2.75, 3.05) is 5.32 Å². The highest BCUT2D eigenvalue weighted by molar-refractivity contribution is 6.21. The summed E-state index contributed by atoms with van der Waals surface area (Å²) < 4.78 is 0. The molecule has 0 saturated heterocycles. The Labute approximate surface area is 112 Å². The monoisotopic (exact) mass is 261 g/mol. The molecule has 0 spiro atoms. The minimum absolute atomic E-state index is 0.0199. The van der Waals surface area contributed by atoms with Gasteiger partial charge in [0, 0.05) is 12.2 Å². The van der Waals surface area contributed by atoms with E-state index in [0.717, 1.165) is 16.8 Å².